The minimum atomic E-state index is -2.44. The molecule has 0 atom stereocenters. The molecule has 0 amide bonds. The van der Waals surface area contributed by atoms with Gasteiger partial charge in [0.1, 0.15) is 0 Å². The van der Waals surface area contributed by atoms with Gasteiger partial charge in [0, 0.05) is 10.7 Å². The maximum Gasteiger partial charge on any atom is 0.0864 e. The van der Waals surface area contributed by atoms with E-state index in [-0.39, 0.29) is 5.69 Å². The first-order valence-corrected chi connectivity index (χ1v) is 3.62. The average molecular weight is 224 g/mol. The van der Waals surface area contributed by atoms with Crippen LogP contribution in [0.15, 0.2) is 16.7 Å². The number of pyridine rings is 1. The lowest BCUT2D eigenvalue weighted by molar-refractivity contribution is 0.276. The summed E-state index contributed by atoms with van der Waals surface area (Å²) in [6, 6.07) is 1.47. The molecule has 0 bridgehead atoms. The molecule has 0 saturated heterocycles. The van der Waals surface area contributed by atoms with Gasteiger partial charge in [0.05, 0.1) is 20.0 Å². The molecule has 0 aromatic carbocycles. The highest BCUT2D eigenvalue weighted by molar-refractivity contribution is 9.10. The van der Waals surface area contributed by atoms with E-state index in [0.29, 0.717) is 9.50 Å². The van der Waals surface area contributed by atoms with Gasteiger partial charge in [-0.2, -0.15) is 0 Å². The molecule has 0 unspecified atom stereocenters. The highest BCUT2D eigenvalue weighted by Gasteiger charge is 1.98. The van der Waals surface area contributed by atoms with E-state index >= 15 is 0 Å². The van der Waals surface area contributed by atoms with Gasteiger partial charge in [-0.25, -0.2) is 0 Å². The van der Waals surface area contributed by atoms with Crippen LogP contribution in [0.25, 0.3) is 0 Å². The van der Waals surface area contributed by atoms with Crippen molar-refractivity contribution in [2.45, 2.75) is 6.56 Å². The monoisotopic (exact) mass is 223 g/mol. The first-order valence-electron chi connectivity index (χ1n) is 3.45. The smallest absolute Gasteiger partial charge is 0.0864 e. The van der Waals surface area contributed by atoms with E-state index in [4.69, 9.17) is 19.4 Å². The van der Waals surface area contributed by atoms with Gasteiger partial charge in [-0.1, -0.05) is 11.6 Å². The van der Waals surface area contributed by atoms with Crippen LogP contribution in [-0.2, 0) is 6.56 Å². The zero-order chi connectivity index (χ0) is 9.35. The van der Waals surface area contributed by atoms with Crippen molar-refractivity contribution in [1.29, 1.82) is 0 Å². The van der Waals surface area contributed by atoms with Crippen LogP contribution in [0.3, 0.4) is 0 Å². The quantitative estimate of drug-likeness (QED) is 0.791. The van der Waals surface area contributed by atoms with Crippen molar-refractivity contribution >= 4 is 27.5 Å². The Balaban J connectivity index is 3.19. The Hall–Kier alpha value is -0.120. The minimum Gasteiger partial charge on any atom is -0.390 e. The van der Waals surface area contributed by atoms with Crippen LogP contribution in [-0.4, -0.2) is 10.1 Å². The summed E-state index contributed by atoms with van der Waals surface area (Å²) >= 11 is 8.61. The summed E-state index contributed by atoms with van der Waals surface area (Å²) < 4.78 is 14.3. The predicted molar refractivity (Wildman–Crippen MR) is 42.9 cm³/mol. The molecular weight excluding hydrogens is 217 g/mol. The Bertz CT molecular complexity index is 302. The van der Waals surface area contributed by atoms with E-state index in [9.17, 15) is 0 Å². The summed E-state index contributed by atoms with van der Waals surface area (Å²) in [5.41, 5.74) is -0.0769. The molecule has 2 nitrogen and oxygen atoms in total. The first kappa shape index (κ1) is 5.52. The van der Waals surface area contributed by atoms with Crippen LogP contribution in [0.5, 0.6) is 0 Å². The average Bonchev–Trinajstić information content (AvgIpc) is 1.83. The zero-order valence-electron chi connectivity index (χ0n) is 6.81. The van der Waals surface area contributed by atoms with Crippen LogP contribution in [0.2, 0.25) is 5.02 Å². The highest BCUT2D eigenvalue weighted by Crippen LogP contribution is 2.18. The molecule has 4 heteroatoms. The molecule has 0 spiro atoms. The lowest BCUT2D eigenvalue weighted by Gasteiger charge is -1.97. The van der Waals surface area contributed by atoms with Gasteiger partial charge in [0.2, 0.25) is 0 Å². The SMILES string of the molecule is [2H]C([2H])(O)c1ncc(Cl)cc1Br. The van der Waals surface area contributed by atoms with E-state index in [0.717, 1.165) is 0 Å². The number of aliphatic hydroxyl groups is 1. The molecule has 0 radical (unpaired) electrons. The number of aromatic nitrogens is 1. The second-order valence-corrected chi connectivity index (χ2v) is 2.89. The van der Waals surface area contributed by atoms with Gasteiger partial charge < -0.3 is 5.11 Å². The second-order valence-electron chi connectivity index (χ2n) is 1.60. The molecular formula is C6H5BrClNO. The van der Waals surface area contributed by atoms with Crippen LogP contribution < -0.4 is 0 Å². The molecule has 0 saturated carbocycles. The number of nitrogens with zero attached hydrogens (tertiary/aromatic N) is 1. The third-order valence-corrected chi connectivity index (χ3v) is 1.72. The van der Waals surface area contributed by atoms with Crippen molar-refractivity contribution in [2.75, 3.05) is 0 Å². The highest BCUT2D eigenvalue weighted by atomic mass is 79.9. The summed E-state index contributed by atoms with van der Waals surface area (Å²) in [7, 11) is 0. The van der Waals surface area contributed by atoms with Crippen molar-refractivity contribution in [1.82, 2.24) is 4.98 Å². The summed E-state index contributed by atoms with van der Waals surface area (Å²) in [6.07, 6.45) is 1.27. The van der Waals surface area contributed by atoms with Crippen molar-refractivity contribution in [3.05, 3.63) is 27.5 Å². The Morgan fingerprint density at radius 2 is 2.60 bits per heavy atom. The maximum atomic E-state index is 8.96. The van der Waals surface area contributed by atoms with Gasteiger partial charge in [0.15, 0.2) is 0 Å². The summed E-state index contributed by atoms with van der Waals surface area (Å²) in [6.45, 7) is -2.44. The topological polar surface area (TPSA) is 33.1 Å². The molecule has 0 aliphatic carbocycles. The Morgan fingerprint density at radius 1 is 1.90 bits per heavy atom. The van der Waals surface area contributed by atoms with E-state index in [1.54, 1.807) is 0 Å². The van der Waals surface area contributed by atoms with Crippen molar-refractivity contribution in [2.24, 2.45) is 0 Å². The zero-order valence-corrected chi connectivity index (χ0v) is 7.15. The van der Waals surface area contributed by atoms with E-state index in [1.165, 1.54) is 12.3 Å². The maximum absolute atomic E-state index is 8.96. The fourth-order valence-corrected chi connectivity index (χ4v) is 1.22. The molecule has 1 N–H and O–H groups in total. The summed E-state index contributed by atoms with van der Waals surface area (Å²) in [5.74, 6) is 0. The summed E-state index contributed by atoms with van der Waals surface area (Å²) in [4.78, 5) is 3.65. The van der Waals surface area contributed by atoms with Crippen molar-refractivity contribution in [3.63, 3.8) is 0 Å². The minimum absolute atomic E-state index is 0.0769. The number of hydrogen-bond donors (Lipinski definition) is 1. The molecule has 1 aromatic rings. The van der Waals surface area contributed by atoms with Gasteiger partial charge >= 0.3 is 0 Å². The lowest BCUT2D eigenvalue weighted by Crippen LogP contribution is -1.89. The molecule has 0 fully saturated rings. The standard InChI is InChI=1S/C6H5BrClNO/c7-5-1-4(8)2-9-6(5)3-10/h1-2,10H,3H2/i3D2. The van der Waals surface area contributed by atoms with Crippen molar-refractivity contribution < 1.29 is 7.85 Å². The molecule has 1 rings (SSSR count). The van der Waals surface area contributed by atoms with Crippen molar-refractivity contribution in [3.8, 4) is 0 Å². The van der Waals surface area contributed by atoms with Crippen LogP contribution in [0.4, 0.5) is 0 Å². The predicted octanol–water partition coefficient (Wildman–Crippen LogP) is 1.99. The van der Waals surface area contributed by atoms with E-state index in [1.807, 2.05) is 0 Å². The van der Waals surface area contributed by atoms with Gasteiger partial charge in [-0.15, -0.1) is 0 Å². The lowest BCUT2D eigenvalue weighted by atomic mass is 10.4. The second kappa shape index (κ2) is 3.32. The number of rotatable bonds is 1. The first-order chi connectivity index (χ1) is 5.41. The van der Waals surface area contributed by atoms with Crippen LogP contribution in [0, 0.1) is 0 Å². The van der Waals surface area contributed by atoms with Gasteiger partial charge in [-0.3, -0.25) is 4.98 Å². The van der Waals surface area contributed by atoms with Crippen LogP contribution in [0.1, 0.15) is 8.44 Å². The van der Waals surface area contributed by atoms with E-state index < -0.39 is 6.56 Å². The molecule has 0 aliphatic heterocycles. The third kappa shape index (κ3) is 1.68. The molecule has 54 valence electrons. The normalized spacial score (nSPS) is 14.3. The fourth-order valence-electron chi connectivity index (χ4n) is 0.497. The van der Waals surface area contributed by atoms with Gasteiger partial charge in [0.25, 0.3) is 0 Å². The number of halogens is 2. The molecule has 10 heavy (non-hydrogen) atoms. The fraction of sp³-hybridized carbons (Fsp3) is 0.167. The molecule has 1 heterocycles. The van der Waals surface area contributed by atoms with Crippen LogP contribution >= 0.6 is 27.5 Å². The molecule has 1 aromatic heterocycles. The summed E-state index contributed by atoms with van der Waals surface area (Å²) in [5, 5.41) is 9.34. The number of hydrogen-bond acceptors (Lipinski definition) is 2. The van der Waals surface area contributed by atoms with E-state index in [2.05, 4.69) is 20.9 Å². The Morgan fingerprint density at radius 3 is 3.10 bits per heavy atom. The Kier molecular flexibility index (Phi) is 1.83. The van der Waals surface area contributed by atoms with Gasteiger partial charge in [-0.05, 0) is 22.0 Å². The largest absolute Gasteiger partial charge is 0.390 e. The third-order valence-electron chi connectivity index (χ3n) is 0.914. The molecule has 0 aliphatic rings. The Labute approximate surface area is 74.8 Å².